The fourth-order valence-electron chi connectivity index (χ4n) is 2.90. The van der Waals surface area contributed by atoms with Crippen LogP contribution in [0.2, 0.25) is 0 Å². The van der Waals surface area contributed by atoms with Crippen LogP contribution in [-0.2, 0) is 14.3 Å². The van der Waals surface area contributed by atoms with Crippen molar-refractivity contribution >= 4 is 40.1 Å². The SMILES string of the molecule is CC(OC(=O)/C=C/c1ccc2c(c1)OCO2)C(=O)Nc1nc(-c2cccc([N+](=O)[O-])c2)cs1. The number of carbonyl (C=O) groups excluding carboxylic acids is 2. The highest BCUT2D eigenvalue weighted by Gasteiger charge is 2.19. The van der Waals surface area contributed by atoms with E-state index in [4.69, 9.17) is 14.2 Å². The molecule has 1 N–H and O–H groups in total. The molecule has 3 aromatic rings. The van der Waals surface area contributed by atoms with Crippen molar-refractivity contribution in [2.24, 2.45) is 0 Å². The average Bonchev–Trinajstić information content (AvgIpc) is 3.47. The van der Waals surface area contributed by atoms with Gasteiger partial charge in [-0.1, -0.05) is 18.2 Å². The lowest BCUT2D eigenvalue weighted by atomic mass is 10.1. The summed E-state index contributed by atoms with van der Waals surface area (Å²) in [5.41, 5.74) is 1.69. The number of aromatic nitrogens is 1. The van der Waals surface area contributed by atoms with Crippen molar-refractivity contribution in [1.29, 1.82) is 0 Å². The predicted molar refractivity (Wildman–Crippen MR) is 120 cm³/mol. The maximum absolute atomic E-state index is 12.4. The van der Waals surface area contributed by atoms with Gasteiger partial charge < -0.3 is 14.2 Å². The summed E-state index contributed by atoms with van der Waals surface area (Å²) in [6.07, 6.45) is 1.69. The van der Waals surface area contributed by atoms with Crippen molar-refractivity contribution in [1.82, 2.24) is 4.98 Å². The fourth-order valence-corrected chi connectivity index (χ4v) is 3.62. The Morgan fingerprint density at radius 1 is 1.24 bits per heavy atom. The third kappa shape index (κ3) is 5.33. The van der Waals surface area contributed by atoms with Crippen LogP contribution in [0.3, 0.4) is 0 Å². The van der Waals surface area contributed by atoms with Gasteiger partial charge in [0.2, 0.25) is 6.79 Å². The number of fused-ring (bicyclic) bond motifs is 1. The third-order valence-corrected chi connectivity index (χ3v) is 5.32. The summed E-state index contributed by atoms with van der Waals surface area (Å²) in [7, 11) is 0. The van der Waals surface area contributed by atoms with Crippen LogP contribution in [0.1, 0.15) is 12.5 Å². The lowest BCUT2D eigenvalue weighted by molar-refractivity contribution is -0.384. The Bertz CT molecular complexity index is 1250. The molecule has 33 heavy (non-hydrogen) atoms. The molecule has 0 saturated carbocycles. The molecule has 0 radical (unpaired) electrons. The molecule has 4 rings (SSSR count). The molecule has 2 heterocycles. The van der Waals surface area contributed by atoms with Crippen LogP contribution in [0.15, 0.2) is 53.9 Å². The third-order valence-electron chi connectivity index (χ3n) is 4.56. The minimum Gasteiger partial charge on any atom is -0.454 e. The van der Waals surface area contributed by atoms with Crippen LogP contribution < -0.4 is 14.8 Å². The van der Waals surface area contributed by atoms with E-state index in [1.54, 1.807) is 41.8 Å². The first-order valence-corrected chi connectivity index (χ1v) is 10.6. The van der Waals surface area contributed by atoms with Gasteiger partial charge in [0.1, 0.15) is 0 Å². The number of esters is 1. The summed E-state index contributed by atoms with van der Waals surface area (Å²) in [6.45, 7) is 1.60. The van der Waals surface area contributed by atoms with Crippen LogP contribution in [0.25, 0.3) is 17.3 Å². The van der Waals surface area contributed by atoms with E-state index in [1.165, 1.54) is 25.1 Å². The van der Waals surface area contributed by atoms with Gasteiger partial charge in [-0.05, 0) is 30.7 Å². The molecule has 2 aromatic carbocycles. The zero-order valence-corrected chi connectivity index (χ0v) is 18.0. The molecule has 1 amide bonds. The van der Waals surface area contributed by atoms with E-state index in [1.807, 2.05) is 0 Å². The van der Waals surface area contributed by atoms with Gasteiger partial charge in [-0.2, -0.15) is 0 Å². The smallest absolute Gasteiger partial charge is 0.331 e. The standard InChI is InChI=1S/C22H17N3O7S/c1-13(32-20(26)8-6-14-5-7-18-19(9-14)31-12-30-18)21(27)24-22-23-17(11-33-22)15-3-2-4-16(10-15)25(28)29/h2-11,13H,12H2,1H3,(H,23,24,27)/b8-6+. The number of nitrogens with one attached hydrogen (secondary N) is 1. The summed E-state index contributed by atoms with van der Waals surface area (Å²) < 4.78 is 15.7. The molecule has 168 valence electrons. The second-order valence-electron chi connectivity index (χ2n) is 6.86. The van der Waals surface area contributed by atoms with E-state index < -0.39 is 22.9 Å². The van der Waals surface area contributed by atoms with E-state index in [9.17, 15) is 19.7 Å². The Morgan fingerprint density at radius 3 is 2.88 bits per heavy atom. The van der Waals surface area contributed by atoms with Crippen molar-refractivity contribution < 1.29 is 28.7 Å². The largest absolute Gasteiger partial charge is 0.454 e. The van der Waals surface area contributed by atoms with E-state index in [-0.39, 0.29) is 17.6 Å². The molecule has 0 bridgehead atoms. The number of non-ortho nitro benzene ring substituents is 1. The first-order valence-electron chi connectivity index (χ1n) is 9.68. The highest BCUT2D eigenvalue weighted by molar-refractivity contribution is 7.14. The summed E-state index contributed by atoms with van der Waals surface area (Å²) in [6, 6.07) is 11.2. The molecule has 11 heteroatoms. The monoisotopic (exact) mass is 467 g/mol. The number of nitrogens with zero attached hydrogens (tertiary/aromatic N) is 2. The Morgan fingerprint density at radius 2 is 2.06 bits per heavy atom. The number of anilines is 1. The Labute approximate surface area is 191 Å². The minimum absolute atomic E-state index is 0.0552. The van der Waals surface area contributed by atoms with E-state index in [2.05, 4.69) is 10.3 Å². The second-order valence-corrected chi connectivity index (χ2v) is 7.72. The van der Waals surface area contributed by atoms with Crippen molar-refractivity contribution in [3.05, 3.63) is 69.6 Å². The molecule has 0 fully saturated rings. The zero-order chi connectivity index (χ0) is 23.4. The van der Waals surface area contributed by atoms with Crippen molar-refractivity contribution in [3.63, 3.8) is 0 Å². The lowest BCUT2D eigenvalue weighted by Gasteiger charge is -2.10. The summed E-state index contributed by atoms with van der Waals surface area (Å²) in [4.78, 5) is 39.2. The molecular formula is C22H17N3O7S. The molecule has 0 spiro atoms. The van der Waals surface area contributed by atoms with Gasteiger partial charge in [0.15, 0.2) is 22.7 Å². The molecule has 1 unspecified atom stereocenters. The summed E-state index contributed by atoms with van der Waals surface area (Å²) in [5, 5.41) is 15.5. The summed E-state index contributed by atoms with van der Waals surface area (Å²) in [5.74, 6) is -0.0199. The fraction of sp³-hybridized carbons (Fsp3) is 0.136. The second kappa shape index (κ2) is 9.49. The molecule has 10 nitrogen and oxygen atoms in total. The maximum atomic E-state index is 12.4. The number of carbonyl (C=O) groups is 2. The number of hydrogen-bond donors (Lipinski definition) is 1. The van der Waals surface area contributed by atoms with Crippen molar-refractivity contribution in [2.75, 3.05) is 12.1 Å². The number of thiazole rings is 1. The number of hydrogen-bond acceptors (Lipinski definition) is 9. The number of benzene rings is 2. The lowest BCUT2D eigenvalue weighted by Crippen LogP contribution is -2.29. The van der Waals surface area contributed by atoms with Gasteiger partial charge in [0.05, 0.1) is 10.6 Å². The van der Waals surface area contributed by atoms with Crippen LogP contribution >= 0.6 is 11.3 Å². The topological polar surface area (TPSA) is 130 Å². The quantitative estimate of drug-likeness (QED) is 0.239. The molecule has 1 aromatic heterocycles. The van der Waals surface area contributed by atoms with Crippen LogP contribution in [-0.4, -0.2) is 34.7 Å². The van der Waals surface area contributed by atoms with E-state index in [0.717, 1.165) is 11.3 Å². The normalized spacial score (nSPS) is 13.0. The van der Waals surface area contributed by atoms with Gasteiger partial charge in [0, 0.05) is 29.2 Å². The van der Waals surface area contributed by atoms with Gasteiger partial charge >= 0.3 is 5.97 Å². The van der Waals surface area contributed by atoms with E-state index >= 15 is 0 Å². The highest BCUT2D eigenvalue weighted by Crippen LogP contribution is 2.33. The molecule has 1 aliphatic heterocycles. The zero-order valence-electron chi connectivity index (χ0n) is 17.2. The van der Waals surface area contributed by atoms with Crippen LogP contribution in [0.4, 0.5) is 10.8 Å². The van der Waals surface area contributed by atoms with Gasteiger partial charge in [-0.15, -0.1) is 11.3 Å². The molecule has 0 aliphatic carbocycles. The predicted octanol–water partition coefficient (Wildman–Crippen LogP) is 4.03. The van der Waals surface area contributed by atoms with Crippen LogP contribution in [0.5, 0.6) is 11.5 Å². The van der Waals surface area contributed by atoms with Crippen LogP contribution in [0, 0.1) is 10.1 Å². The maximum Gasteiger partial charge on any atom is 0.331 e. The Balaban J connectivity index is 1.33. The Hall–Kier alpha value is -4.25. The summed E-state index contributed by atoms with van der Waals surface area (Å²) >= 11 is 1.15. The van der Waals surface area contributed by atoms with Gasteiger partial charge in [-0.3, -0.25) is 20.2 Å². The number of nitro groups is 1. The number of amides is 1. The molecule has 0 saturated heterocycles. The molecular weight excluding hydrogens is 450 g/mol. The highest BCUT2D eigenvalue weighted by atomic mass is 32.1. The van der Waals surface area contributed by atoms with Gasteiger partial charge in [-0.25, -0.2) is 9.78 Å². The van der Waals surface area contributed by atoms with Crippen molar-refractivity contribution in [2.45, 2.75) is 13.0 Å². The molecule has 1 aliphatic rings. The first kappa shape index (κ1) is 22.0. The number of nitro benzene ring substituents is 1. The average molecular weight is 467 g/mol. The van der Waals surface area contributed by atoms with Crippen molar-refractivity contribution in [3.8, 4) is 22.8 Å². The number of ether oxygens (including phenoxy) is 3. The number of rotatable bonds is 7. The Kier molecular flexibility index (Phi) is 6.31. The van der Waals surface area contributed by atoms with Gasteiger partial charge in [0.25, 0.3) is 11.6 Å². The molecule has 1 atom stereocenters. The van der Waals surface area contributed by atoms with E-state index in [0.29, 0.717) is 28.3 Å². The minimum atomic E-state index is -1.07. The first-order chi connectivity index (χ1) is 15.9.